The van der Waals surface area contributed by atoms with Crippen LogP contribution in [-0.4, -0.2) is 18.1 Å². The number of aryl methyl sites for hydroxylation is 1. The molecule has 2 aliphatic carbocycles. The molecular formula is C19H26ClF3N2O. The van der Waals surface area contributed by atoms with Crippen LogP contribution in [0, 0.1) is 17.8 Å². The third-order valence-electron chi connectivity index (χ3n) is 5.70. The third kappa shape index (κ3) is 5.36. The Morgan fingerprint density at radius 1 is 1.12 bits per heavy atom. The van der Waals surface area contributed by atoms with Crippen LogP contribution in [0.15, 0.2) is 24.3 Å². The zero-order valence-electron chi connectivity index (χ0n) is 14.6. The number of hydrogen-bond acceptors (Lipinski definition) is 2. The summed E-state index contributed by atoms with van der Waals surface area (Å²) in [5, 5.41) is 2.91. The summed E-state index contributed by atoms with van der Waals surface area (Å²) < 4.78 is 36.8. The number of carbonyl (C=O) groups excluding carboxylic acids is 1. The van der Waals surface area contributed by atoms with Crippen LogP contribution in [0.25, 0.3) is 0 Å². The summed E-state index contributed by atoms with van der Waals surface area (Å²) in [7, 11) is 0. The van der Waals surface area contributed by atoms with Crippen molar-refractivity contribution in [3.05, 3.63) is 29.8 Å². The van der Waals surface area contributed by atoms with Gasteiger partial charge in [0, 0.05) is 24.1 Å². The van der Waals surface area contributed by atoms with Crippen molar-refractivity contribution in [2.24, 2.45) is 23.5 Å². The van der Waals surface area contributed by atoms with Crippen LogP contribution in [0.3, 0.4) is 0 Å². The van der Waals surface area contributed by atoms with Crippen LogP contribution < -0.4 is 11.1 Å². The number of anilines is 1. The van der Waals surface area contributed by atoms with Crippen LogP contribution in [0.5, 0.6) is 0 Å². The molecule has 2 aliphatic rings. The van der Waals surface area contributed by atoms with E-state index in [-0.39, 0.29) is 36.7 Å². The number of nitrogens with one attached hydrogen (secondary N) is 1. The van der Waals surface area contributed by atoms with Crippen molar-refractivity contribution in [3.63, 3.8) is 0 Å². The number of carbonyl (C=O) groups is 1. The van der Waals surface area contributed by atoms with Gasteiger partial charge in [-0.25, -0.2) is 0 Å². The number of hydrogen-bond donors (Lipinski definition) is 2. The van der Waals surface area contributed by atoms with E-state index in [1.54, 1.807) is 24.3 Å². The second-order valence-corrected chi connectivity index (χ2v) is 7.50. The van der Waals surface area contributed by atoms with Crippen molar-refractivity contribution < 1.29 is 18.0 Å². The largest absolute Gasteiger partial charge is 0.389 e. The van der Waals surface area contributed by atoms with Gasteiger partial charge in [0.2, 0.25) is 5.91 Å². The van der Waals surface area contributed by atoms with Crippen molar-refractivity contribution in [2.75, 3.05) is 5.32 Å². The maximum atomic E-state index is 12.5. The van der Waals surface area contributed by atoms with E-state index >= 15 is 0 Å². The monoisotopic (exact) mass is 390 g/mol. The highest BCUT2D eigenvalue weighted by Gasteiger charge is 2.40. The number of benzene rings is 1. The molecular weight excluding hydrogens is 365 g/mol. The second-order valence-electron chi connectivity index (χ2n) is 7.50. The molecule has 7 heteroatoms. The van der Waals surface area contributed by atoms with Gasteiger partial charge in [-0.1, -0.05) is 18.6 Å². The van der Waals surface area contributed by atoms with E-state index in [1.807, 2.05) is 0 Å². The summed E-state index contributed by atoms with van der Waals surface area (Å²) in [5.74, 6) is 0.868. The molecule has 26 heavy (non-hydrogen) atoms. The summed E-state index contributed by atoms with van der Waals surface area (Å²) >= 11 is 0. The van der Waals surface area contributed by atoms with E-state index in [2.05, 4.69) is 5.32 Å². The molecule has 1 aromatic rings. The minimum atomic E-state index is -4.15. The van der Waals surface area contributed by atoms with Crippen LogP contribution in [-0.2, 0) is 11.2 Å². The smallest absolute Gasteiger partial charge is 0.327 e. The van der Waals surface area contributed by atoms with Gasteiger partial charge in [-0.15, -0.1) is 12.4 Å². The molecule has 3 rings (SSSR count). The third-order valence-corrected chi connectivity index (χ3v) is 5.70. The van der Waals surface area contributed by atoms with Gasteiger partial charge in [-0.3, -0.25) is 4.79 Å². The molecule has 2 unspecified atom stereocenters. The van der Waals surface area contributed by atoms with Crippen molar-refractivity contribution in [1.82, 2.24) is 0 Å². The Balaban J connectivity index is 0.00000243. The molecule has 0 aliphatic heterocycles. The highest BCUT2D eigenvalue weighted by Crippen LogP contribution is 2.42. The molecule has 2 atom stereocenters. The molecule has 2 fully saturated rings. The van der Waals surface area contributed by atoms with Gasteiger partial charge < -0.3 is 11.1 Å². The van der Waals surface area contributed by atoms with Crippen LogP contribution in [0.1, 0.15) is 44.1 Å². The first-order chi connectivity index (χ1) is 11.8. The fourth-order valence-corrected chi connectivity index (χ4v) is 4.29. The number of halogens is 4. The SMILES string of the molecule is Cl.NC1C2CCCC1CC(C(=O)Nc1ccc(CCC(F)(F)F)cc1)C2. The van der Waals surface area contributed by atoms with Gasteiger partial charge in [0.1, 0.15) is 0 Å². The fraction of sp³-hybridized carbons (Fsp3) is 0.632. The Morgan fingerprint density at radius 2 is 1.69 bits per heavy atom. The maximum absolute atomic E-state index is 12.5. The summed E-state index contributed by atoms with van der Waals surface area (Å²) in [6, 6.07) is 6.88. The molecule has 0 spiro atoms. The first-order valence-electron chi connectivity index (χ1n) is 9.04. The number of amides is 1. The van der Waals surface area contributed by atoms with Gasteiger partial charge in [-0.05, 0) is 61.6 Å². The standard InChI is InChI=1S/C19H25F3N2O.ClH/c20-19(21,22)9-8-12-4-6-16(7-5-12)24-18(25)15-10-13-2-1-3-14(11-15)17(13)23;/h4-7,13-15,17H,1-3,8-11,23H2,(H,24,25);1H. The Hall–Kier alpha value is -1.27. The molecule has 3 N–H and O–H groups in total. The summed E-state index contributed by atoms with van der Waals surface area (Å²) in [6.45, 7) is 0. The molecule has 146 valence electrons. The Morgan fingerprint density at radius 3 is 2.23 bits per heavy atom. The average molecular weight is 391 g/mol. The van der Waals surface area contributed by atoms with E-state index < -0.39 is 12.6 Å². The summed E-state index contributed by atoms with van der Waals surface area (Å²) in [6.07, 6.45) is 0.0833. The zero-order chi connectivity index (χ0) is 18.0. The van der Waals surface area contributed by atoms with Crippen molar-refractivity contribution in [2.45, 2.75) is 57.2 Å². The van der Waals surface area contributed by atoms with Crippen LogP contribution >= 0.6 is 12.4 Å². The van der Waals surface area contributed by atoms with E-state index in [1.165, 1.54) is 6.42 Å². The predicted octanol–water partition coefficient (Wildman–Crippen LogP) is 4.70. The normalized spacial score (nSPS) is 28.2. The van der Waals surface area contributed by atoms with Crippen molar-refractivity contribution in [1.29, 1.82) is 0 Å². The van der Waals surface area contributed by atoms with E-state index in [0.717, 1.165) is 25.7 Å². The van der Waals surface area contributed by atoms with Crippen molar-refractivity contribution >= 4 is 24.0 Å². The number of rotatable bonds is 4. The minimum Gasteiger partial charge on any atom is -0.327 e. The fourth-order valence-electron chi connectivity index (χ4n) is 4.29. The quantitative estimate of drug-likeness (QED) is 0.783. The van der Waals surface area contributed by atoms with Gasteiger partial charge in [0.05, 0.1) is 0 Å². The molecule has 1 amide bonds. The van der Waals surface area contributed by atoms with Gasteiger partial charge in [0.15, 0.2) is 0 Å². The number of nitrogens with two attached hydrogens (primary N) is 1. The van der Waals surface area contributed by atoms with E-state index in [9.17, 15) is 18.0 Å². The highest BCUT2D eigenvalue weighted by molar-refractivity contribution is 5.92. The average Bonchev–Trinajstić information content (AvgIpc) is 2.53. The van der Waals surface area contributed by atoms with Crippen molar-refractivity contribution in [3.8, 4) is 0 Å². The van der Waals surface area contributed by atoms with Gasteiger partial charge in [0.25, 0.3) is 0 Å². The Kier molecular flexibility index (Phi) is 6.97. The second kappa shape index (κ2) is 8.61. The lowest BCUT2D eigenvalue weighted by molar-refractivity contribution is -0.134. The topological polar surface area (TPSA) is 55.1 Å². The molecule has 3 nitrogen and oxygen atoms in total. The summed E-state index contributed by atoms with van der Waals surface area (Å²) in [5.41, 5.74) is 7.52. The predicted molar refractivity (Wildman–Crippen MR) is 98.2 cm³/mol. The molecule has 0 radical (unpaired) electrons. The first kappa shape index (κ1) is 21.0. The molecule has 0 aromatic heterocycles. The Bertz CT molecular complexity index is 592. The lowest BCUT2D eigenvalue weighted by Gasteiger charge is -2.43. The Labute approximate surface area is 158 Å². The first-order valence-corrected chi connectivity index (χ1v) is 9.04. The lowest BCUT2D eigenvalue weighted by atomic mass is 9.65. The minimum absolute atomic E-state index is 0. The molecule has 0 heterocycles. The molecule has 2 bridgehead atoms. The van der Waals surface area contributed by atoms with E-state index in [0.29, 0.717) is 23.1 Å². The molecule has 0 saturated heterocycles. The zero-order valence-corrected chi connectivity index (χ0v) is 15.4. The van der Waals surface area contributed by atoms with Gasteiger partial charge in [-0.2, -0.15) is 13.2 Å². The van der Waals surface area contributed by atoms with Crippen LogP contribution in [0.4, 0.5) is 18.9 Å². The van der Waals surface area contributed by atoms with Gasteiger partial charge >= 0.3 is 6.18 Å². The van der Waals surface area contributed by atoms with E-state index in [4.69, 9.17) is 5.73 Å². The van der Waals surface area contributed by atoms with Crippen LogP contribution in [0.2, 0.25) is 0 Å². The number of alkyl halides is 3. The number of fused-ring (bicyclic) bond motifs is 2. The lowest BCUT2D eigenvalue weighted by Crippen LogP contribution is -2.48. The summed E-state index contributed by atoms with van der Waals surface area (Å²) in [4.78, 5) is 12.5. The molecule has 2 saturated carbocycles. The highest BCUT2D eigenvalue weighted by atomic mass is 35.5. The maximum Gasteiger partial charge on any atom is 0.389 e. The molecule has 1 aromatic carbocycles.